The summed E-state index contributed by atoms with van der Waals surface area (Å²) in [6.07, 6.45) is 9.61. The number of likely N-dealkylation sites (tertiary alicyclic amines) is 2. The second-order valence-electron chi connectivity index (χ2n) is 9.25. The normalized spacial score (nSPS) is 19.2. The SMILES string of the molecule is O=C(CN1CCC(CN2CCCCCC2)CC1)N(Cc1ccccc1)Cc1ccco1. The van der Waals surface area contributed by atoms with Crippen molar-refractivity contribution in [3.8, 4) is 0 Å². The van der Waals surface area contributed by atoms with E-state index in [1.54, 1.807) is 6.26 Å². The Hall–Kier alpha value is -2.11. The van der Waals surface area contributed by atoms with Gasteiger partial charge in [-0.3, -0.25) is 9.69 Å². The van der Waals surface area contributed by atoms with Crippen LogP contribution in [0.5, 0.6) is 0 Å². The van der Waals surface area contributed by atoms with Gasteiger partial charge in [0.05, 0.1) is 19.4 Å². The minimum Gasteiger partial charge on any atom is -0.467 e. The molecule has 5 heteroatoms. The van der Waals surface area contributed by atoms with Crippen molar-refractivity contribution in [2.24, 2.45) is 5.92 Å². The van der Waals surface area contributed by atoms with E-state index in [2.05, 4.69) is 21.9 Å². The lowest BCUT2D eigenvalue weighted by Gasteiger charge is -2.35. The topological polar surface area (TPSA) is 39.9 Å². The molecule has 1 aromatic carbocycles. The highest BCUT2D eigenvalue weighted by atomic mass is 16.3. The van der Waals surface area contributed by atoms with Gasteiger partial charge < -0.3 is 14.2 Å². The van der Waals surface area contributed by atoms with Crippen molar-refractivity contribution in [3.05, 3.63) is 60.1 Å². The number of piperidine rings is 1. The Morgan fingerprint density at radius 3 is 2.29 bits per heavy atom. The molecule has 2 fully saturated rings. The van der Waals surface area contributed by atoms with E-state index in [-0.39, 0.29) is 5.91 Å². The number of rotatable bonds is 8. The largest absolute Gasteiger partial charge is 0.467 e. The Kier molecular flexibility index (Phi) is 8.19. The summed E-state index contributed by atoms with van der Waals surface area (Å²) in [5.74, 6) is 1.81. The van der Waals surface area contributed by atoms with Crippen LogP contribution < -0.4 is 0 Å². The minimum atomic E-state index is 0.186. The number of hydrogen-bond donors (Lipinski definition) is 0. The number of benzene rings is 1. The molecule has 0 atom stereocenters. The van der Waals surface area contributed by atoms with E-state index in [1.165, 1.54) is 58.2 Å². The van der Waals surface area contributed by atoms with Crippen LogP contribution in [0, 0.1) is 5.92 Å². The first kappa shape index (κ1) is 22.1. The van der Waals surface area contributed by atoms with Gasteiger partial charge in [0.2, 0.25) is 5.91 Å². The molecule has 3 heterocycles. The van der Waals surface area contributed by atoms with Crippen molar-refractivity contribution in [2.75, 3.05) is 39.3 Å². The van der Waals surface area contributed by atoms with Gasteiger partial charge >= 0.3 is 0 Å². The van der Waals surface area contributed by atoms with Gasteiger partial charge in [-0.25, -0.2) is 0 Å². The number of carbonyl (C=O) groups is 1. The van der Waals surface area contributed by atoms with E-state index in [4.69, 9.17) is 4.42 Å². The Morgan fingerprint density at radius 2 is 1.61 bits per heavy atom. The van der Waals surface area contributed by atoms with Gasteiger partial charge in [-0.15, -0.1) is 0 Å². The highest BCUT2D eigenvalue weighted by Crippen LogP contribution is 2.21. The minimum absolute atomic E-state index is 0.186. The van der Waals surface area contributed by atoms with Gasteiger partial charge in [0.1, 0.15) is 5.76 Å². The summed E-state index contributed by atoms with van der Waals surface area (Å²) in [4.78, 5) is 20.2. The van der Waals surface area contributed by atoms with Crippen LogP contribution in [0.4, 0.5) is 0 Å². The second-order valence-corrected chi connectivity index (χ2v) is 9.25. The Bertz CT molecular complexity index is 761. The maximum atomic E-state index is 13.2. The Morgan fingerprint density at radius 1 is 0.871 bits per heavy atom. The number of furan rings is 1. The molecule has 0 spiro atoms. The van der Waals surface area contributed by atoms with Crippen LogP contribution in [0.25, 0.3) is 0 Å². The summed E-state index contributed by atoms with van der Waals surface area (Å²) in [6.45, 7) is 7.51. The van der Waals surface area contributed by atoms with Gasteiger partial charge in [-0.2, -0.15) is 0 Å². The van der Waals surface area contributed by atoms with E-state index < -0.39 is 0 Å². The molecule has 0 unspecified atom stereocenters. The summed E-state index contributed by atoms with van der Waals surface area (Å²) in [6, 6.07) is 14.1. The molecular formula is C26H37N3O2. The maximum Gasteiger partial charge on any atom is 0.237 e. The zero-order valence-corrected chi connectivity index (χ0v) is 18.8. The molecule has 31 heavy (non-hydrogen) atoms. The molecule has 0 saturated carbocycles. The summed E-state index contributed by atoms with van der Waals surface area (Å²) in [7, 11) is 0. The maximum absolute atomic E-state index is 13.2. The smallest absolute Gasteiger partial charge is 0.237 e. The first-order chi connectivity index (χ1) is 15.3. The third-order valence-electron chi connectivity index (χ3n) is 6.78. The van der Waals surface area contributed by atoms with Crippen molar-refractivity contribution in [1.29, 1.82) is 0 Å². The van der Waals surface area contributed by atoms with Crippen LogP contribution >= 0.6 is 0 Å². The molecule has 168 valence electrons. The molecule has 2 saturated heterocycles. The molecule has 2 aliphatic rings. The predicted molar refractivity (Wildman–Crippen MR) is 123 cm³/mol. The molecule has 1 amide bonds. The van der Waals surface area contributed by atoms with Crippen LogP contribution in [0.3, 0.4) is 0 Å². The molecule has 2 aromatic rings. The molecule has 0 aliphatic carbocycles. The fourth-order valence-electron chi connectivity index (χ4n) is 4.93. The third-order valence-corrected chi connectivity index (χ3v) is 6.78. The van der Waals surface area contributed by atoms with Crippen molar-refractivity contribution in [3.63, 3.8) is 0 Å². The first-order valence-corrected chi connectivity index (χ1v) is 12.0. The van der Waals surface area contributed by atoms with Crippen LogP contribution in [0.2, 0.25) is 0 Å². The number of carbonyl (C=O) groups excluding carboxylic acids is 1. The van der Waals surface area contributed by atoms with E-state index in [0.29, 0.717) is 19.6 Å². The van der Waals surface area contributed by atoms with Crippen molar-refractivity contribution >= 4 is 5.91 Å². The molecule has 0 bridgehead atoms. The highest BCUT2D eigenvalue weighted by Gasteiger charge is 2.25. The Labute approximate surface area is 187 Å². The molecule has 0 N–H and O–H groups in total. The van der Waals surface area contributed by atoms with Gasteiger partial charge in [-0.05, 0) is 75.5 Å². The van der Waals surface area contributed by atoms with Gasteiger partial charge in [0.15, 0.2) is 0 Å². The van der Waals surface area contributed by atoms with Gasteiger partial charge in [-0.1, -0.05) is 43.2 Å². The van der Waals surface area contributed by atoms with Crippen LogP contribution in [0.1, 0.15) is 49.8 Å². The molecule has 5 nitrogen and oxygen atoms in total. The van der Waals surface area contributed by atoms with Crippen molar-refractivity contribution in [1.82, 2.24) is 14.7 Å². The fraction of sp³-hybridized carbons (Fsp3) is 0.577. The molecule has 4 rings (SSSR count). The molecular weight excluding hydrogens is 386 g/mol. The number of amides is 1. The van der Waals surface area contributed by atoms with Crippen molar-refractivity contribution in [2.45, 2.75) is 51.6 Å². The quantitative estimate of drug-likeness (QED) is 0.631. The first-order valence-electron chi connectivity index (χ1n) is 12.0. The fourth-order valence-corrected chi connectivity index (χ4v) is 4.93. The van der Waals surface area contributed by atoms with E-state index >= 15 is 0 Å². The van der Waals surface area contributed by atoms with E-state index in [9.17, 15) is 4.79 Å². The molecule has 2 aliphatic heterocycles. The van der Waals surface area contributed by atoms with Gasteiger partial charge in [0.25, 0.3) is 0 Å². The van der Waals surface area contributed by atoms with Crippen molar-refractivity contribution < 1.29 is 9.21 Å². The average Bonchev–Trinajstić information content (AvgIpc) is 3.17. The summed E-state index contributed by atoms with van der Waals surface area (Å²) < 4.78 is 5.52. The van der Waals surface area contributed by atoms with Gasteiger partial charge in [0, 0.05) is 13.1 Å². The van der Waals surface area contributed by atoms with E-state index in [0.717, 1.165) is 30.3 Å². The lowest BCUT2D eigenvalue weighted by Crippen LogP contribution is -2.44. The summed E-state index contributed by atoms with van der Waals surface area (Å²) in [5, 5.41) is 0. The number of nitrogens with zero attached hydrogens (tertiary/aromatic N) is 3. The van der Waals surface area contributed by atoms with E-state index in [1.807, 2.05) is 35.2 Å². The number of hydrogen-bond acceptors (Lipinski definition) is 4. The highest BCUT2D eigenvalue weighted by molar-refractivity contribution is 5.78. The van der Waals surface area contributed by atoms with Crippen LogP contribution in [-0.4, -0.2) is 59.9 Å². The zero-order valence-electron chi connectivity index (χ0n) is 18.8. The molecule has 1 aromatic heterocycles. The predicted octanol–water partition coefficient (Wildman–Crippen LogP) is 4.40. The monoisotopic (exact) mass is 423 g/mol. The standard InChI is InChI=1S/C26H37N3O2/c30-26(29(21-25-11-8-18-31-25)20-23-9-4-3-5-10-23)22-28-16-12-24(13-17-28)19-27-14-6-1-2-7-15-27/h3-5,8-11,18,24H,1-2,6-7,12-17,19-22H2. The average molecular weight is 424 g/mol. The summed E-state index contributed by atoms with van der Waals surface area (Å²) in [5.41, 5.74) is 1.15. The lowest BCUT2D eigenvalue weighted by atomic mass is 9.96. The second kappa shape index (κ2) is 11.5. The third kappa shape index (κ3) is 6.94. The zero-order chi connectivity index (χ0) is 21.3. The Balaban J connectivity index is 1.28. The molecule has 0 radical (unpaired) electrons. The lowest BCUT2D eigenvalue weighted by molar-refractivity contribution is -0.134. The van der Waals surface area contributed by atoms with Crippen LogP contribution in [0.15, 0.2) is 53.1 Å². The van der Waals surface area contributed by atoms with Crippen LogP contribution in [-0.2, 0) is 17.9 Å². The summed E-state index contributed by atoms with van der Waals surface area (Å²) >= 11 is 0.